The number of fused-ring (bicyclic) bond motifs is 1. The van der Waals surface area contributed by atoms with Gasteiger partial charge in [0.1, 0.15) is 11.5 Å². The Morgan fingerprint density at radius 3 is 1.96 bits per heavy atom. The zero-order valence-electron chi connectivity index (χ0n) is 40.4. The van der Waals surface area contributed by atoms with Crippen LogP contribution in [0.25, 0.3) is 33.3 Å². The van der Waals surface area contributed by atoms with Crippen LogP contribution < -0.4 is 29.7 Å². The first-order valence-corrected chi connectivity index (χ1v) is 24.2. The number of rotatable bonds is 28. The lowest BCUT2D eigenvalue weighted by Crippen LogP contribution is -2.43. The summed E-state index contributed by atoms with van der Waals surface area (Å²) in [7, 11) is 6.68. The molecule has 5 rings (SSSR count). The number of sulfonamides is 1. The van der Waals surface area contributed by atoms with E-state index in [4.69, 9.17) is 19.5 Å². The second kappa shape index (κ2) is 26.7. The lowest BCUT2D eigenvalue weighted by molar-refractivity contribution is -0.131. The Morgan fingerprint density at radius 1 is 0.710 bits per heavy atom. The standard InChI is InChI=1S/C50H64N10O8S/c1-57(2)45-13-7-12-42-41(45)11-8-14-46(42)69(64,65)53-26-10-28-60(31-29-58(3)36-48(62)52-27-34-68-33-9-25-51)32-30-59(4)49(63)24-23-47(61)56-50-54-43(37-15-19-39(66-5)20-16-37)35-44(55-50)38-17-21-40(67-6)22-18-38/h7-8,11-22,35,53H,9-10,23-24,26-34,36H2,1-6H3,(H,52,62)(H,54,55,56,61). The second-order valence-electron chi connectivity index (χ2n) is 16.5. The van der Waals surface area contributed by atoms with E-state index >= 15 is 0 Å². The summed E-state index contributed by atoms with van der Waals surface area (Å²) in [6, 6.07) is 29.5. The van der Waals surface area contributed by atoms with Gasteiger partial charge in [0.15, 0.2) is 0 Å². The monoisotopic (exact) mass is 964 g/mol. The number of carbonyl (C=O) groups is 3. The van der Waals surface area contributed by atoms with E-state index in [2.05, 4.69) is 30.2 Å². The minimum atomic E-state index is -3.85. The molecule has 18 nitrogen and oxygen atoms in total. The normalized spacial score (nSPS) is 11.3. The summed E-state index contributed by atoms with van der Waals surface area (Å²) >= 11 is 0. The number of carbonyl (C=O) groups excluding carboxylic acids is 3. The van der Waals surface area contributed by atoms with Gasteiger partial charge < -0.3 is 34.2 Å². The molecular formula is C50H64N10O8S. The maximum atomic E-state index is 13.6. The Balaban J connectivity index is 1.18. The molecule has 0 spiro atoms. The quantitative estimate of drug-likeness (QED) is 0.0572. The molecule has 0 unspecified atom stereocenters. The summed E-state index contributed by atoms with van der Waals surface area (Å²) in [4.78, 5) is 56.3. The molecule has 69 heavy (non-hydrogen) atoms. The topological polar surface area (TPSA) is 212 Å². The number of nitrogens with one attached hydrogen (secondary N) is 3. The van der Waals surface area contributed by atoms with E-state index in [1.807, 2.05) is 116 Å². The Hall–Kier alpha value is -6.69. The van der Waals surface area contributed by atoms with Crippen LogP contribution >= 0.6 is 0 Å². The largest absolute Gasteiger partial charge is 0.497 e. The molecule has 5 aromatic rings. The third-order valence-electron chi connectivity index (χ3n) is 11.2. The Morgan fingerprint density at radius 2 is 1.33 bits per heavy atom. The molecule has 0 aliphatic heterocycles. The van der Waals surface area contributed by atoms with Crippen LogP contribution in [0, 0.1) is 11.3 Å². The van der Waals surface area contributed by atoms with E-state index in [1.165, 1.54) is 0 Å². The minimum Gasteiger partial charge on any atom is -0.497 e. The summed E-state index contributed by atoms with van der Waals surface area (Å²) in [6.45, 7) is 3.61. The van der Waals surface area contributed by atoms with Crippen LogP contribution in [-0.2, 0) is 29.1 Å². The van der Waals surface area contributed by atoms with Crippen molar-refractivity contribution in [2.75, 3.05) is 118 Å². The highest BCUT2D eigenvalue weighted by Crippen LogP contribution is 2.31. The lowest BCUT2D eigenvalue weighted by Gasteiger charge is -2.27. The third-order valence-corrected chi connectivity index (χ3v) is 12.7. The number of amides is 3. The van der Waals surface area contributed by atoms with Gasteiger partial charge in [0.05, 0.1) is 62.8 Å². The predicted octanol–water partition coefficient (Wildman–Crippen LogP) is 4.87. The number of likely N-dealkylation sites (N-methyl/N-ethyl adjacent to an activating group) is 2. The number of nitrogens with zero attached hydrogens (tertiary/aromatic N) is 7. The minimum absolute atomic E-state index is 0.0565. The van der Waals surface area contributed by atoms with E-state index in [-0.39, 0.29) is 55.0 Å². The van der Waals surface area contributed by atoms with Gasteiger partial charge in [-0.1, -0.05) is 24.3 Å². The van der Waals surface area contributed by atoms with Gasteiger partial charge in [0, 0.05) is 101 Å². The van der Waals surface area contributed by atoms with Gasteiger partial charge in [-0.25, -0.2) is 23.1 Å². The summed E-state index contributed by atoms with van der Waals surface area (Å²) in [5, 5.41) is 15.7. The molecular weight excluding hydrogens is 901 g/mol. The molecule has 368 valence electrons. The maximum absolute atomic E-state index is 13.6. The number of benzene rings is 4. The third kappa shape index (κ3) is 16.5. The molecule has 0 aliphatic rings. The van der Waals surface area contributed by atoms with Gasteiger partial charge in [0.2, 0.25) is 33.7 Å². The zero-order valence-corrected chi connectivity index (χ0v) is 41.2. The molecule has 0 saturated heterocycles. The van der Waals surface area contributed by atoms with Crippen molar-refractivity contribution in [1.82, 2.24) is 34.7 Å². The maximum Gasteiger partial charge on any atom is 0.241 e. The number of aromatic nitrogens is 2. The molecule has 0 fully saturated rings. The molecule has 0 aliphatic carbocycles. The van der Waals surface area contributed by atoms with Crippen molar-refractivity contribution in [3.63, 3.8) is 0 Å². The first-order valence-electron chi connectivity index (χ1n) is 22.7. The van der Waals surface area contributed by atoms with Crippen molar-refractivity contribution < 1.29 is 37.0 Å². The highest BCUT2D eigenvalue weighted by molar-refractivity contribution is 7.89. The van der Waals surface area contributed by atoms with Gasteiger partial charge in [0.25, 0.3) is 0 Å². The Bertz CT molecular complexity index is 2560. The van der Waals surface area contributed by atoms with Crippen LogP contribution in [0.5, 0.6) is 11.5 Å². The van der Waals surface area contributed by atoms with Gasteiger partial charge in [-0.2, -0.15) is 5.26 Å². The van der Waals surface area contributed by atoms with E-state index in [0.29, 0.717) is 87.2 Å². The van der Waals surface area contributed by atoms with Gasteiger partial charge in [-0.05, 0) is 86.7 Å². The van der Waals surface area contributed by atoms with Crippen molar-refractivity contribution >= 4 is 50.2 Å². The van der Waals surface area contributed by atoms with Crippen LogP contribution in [0.15, 0.2) is 95.9 Å². The van der Waals surface area contributed by atoms with Crippen LogP contribution in [0.2, 0.25) is 0 Å². The summed E-state index contributed by atoms with van der Waals surface area (Å²) in [6.07, 6.45) is 0.600. The van der Waals surface area contributed by atoms with Gasteiger partial charge in [-0.3, -0.25) is 24.6 Å². The molecule has 0 atom stereocenters. The molecule has 0 radical (unpaired) electrons. The first kappa shape index (κ1) is 53.3. The molecule has 3 amide bonds. The predicted molar refractivity (Wildman–Crippen MR) is 268 cm³/mol. The molecule has 4 aromatic carbocycles. The van der Waals surface area contributed by atoms with Crippen LogP contribution in [0.3, 0.4) is 0 Å². The molecule has 0 bridgehead atoms. The van der Waals surface area contributed by atoms with E-state index in [0.717, 1.165) is 22.2 Å². The van der Waals surface area contributed by atoms with Crippen molar-refractivity contribution in [2.45, 2.75) is 30.6 Å². The van der Waals surface area contributed by atoms with Crippen molar-refractivity contribution in [3.05, 3.63) is 91.0 Å². The SMILES string of the molecule is COc1ccc(-c2cc(-c3ccc(OC)cc3)nc(NC(=O)CCC(=O)N(C)CCN(CCCNS(=O)(=O)c3cccc4c(N(C)C)cccc34)CCN(C)CC(=O)NCCOCCC#N)n2)cc1. The summed E-state index contributed by atoms with van der Waals surface area (Å²) in [5.74, 6) is 0.646. The highest BCUT2D eigenvalue weighted by Gasteiger charge is 2.20. The second-order valence-corrected chi connectivity index (χ2v) is 18.2. The van der Waals surface area contributed by atoms with Crippen LogP contribution in [0.4, 0.5) is 11.6 Å². The van der Waals surface area contributed by atoms with Crippen LogP contribution in [0.1, 0.15) is 25.7 Å². The summed E-state index contributed by atoms with van der Waals surface area (Å²) < 4.78 is 46.0. The van der Waals surface area contributed by atoms with Crippen molar-refractivity contribution in [1.29, 1.82) is 5.26 Å². The zero-order chi connectivity index (χ0) is 49.8. The van der Waals surface area contributed by atoms with Gasteiger partial charge in [-0.15, -0.1) is 0 Å². The molecule has 19 heteroatoms. The Kier molecular flexibility index (Phi) is 20.6. The number of hydrogen-bond acceptors (Lipinski definition) is 14. The number of methoxy groups -OCH3 is 2. The highest BCUT2D eigenvalue weighted by atomic mass is 32.2. The summed E-state index contributed by atoms with van der Waals surface area (Å²) in [5.41, 5.74) is 3.66. The average molecular weight is 965 g/mol. The molecule has 1 aromatic heterocycles. The van der Waals surface area contributed by atoms with Crippen LogP contribution in [-0.4, -0.2) is 159 Å². The van der Waals surface area contributed by atoms with E-state index < -0.39 is 15.9 Å². The average Bonchev–Trinajstić information content (AvgIpc) is 3.35. The van der Waals surface area contributed by atoms with Crippen molar-refractivity contribution in [3.8, 4) is 40.1 Å². The fourth-order valence-electron chi connectivity index (χ4n) is 7.32. The fourth-order valence-corrected chi connectivity index (χ4v) is 8.62. The van der Waals surface area contributed by atoms with Crippen molar-refractivity contribution in [2.24, 2.45) is 0 Å². The van der Waals surface area contributed by atoms with E-state index in [1.54, 1.807) is 38.3 Å². The molecule has 0 saturated carbocycles. The fraction of sp³-hybridized carbons (Fsp3) is 0.400. The first-order chi connectivity index (χ1) is 33.2. The number of hydrogen-bond donors (Lipinski definition) is 3. The Labute approximate surface area is 405 Å². The van der Waals surface area contributed by atoms with Gasteiger partial charge >= 0.3 is 0 Å². The number of ether oxygens (including phenoxy) is 3. The smallest absolute Gasteiger partial charge is 0.241 e. The number of anilines is 2. The molecule has 1 heterocycles. The van der Waals surface area contributed by atoms with E-state index in [9.17, 15) is 22.8 Å². The lowest BCUT2D eigenvalue weighted by atomic mass is 10.1. The number of nitriles is 1. The molecule has 3 N–H and O–H groups in total.